The molecule has 0 saturated heterocycles. The molecule has 0 aliphatic heterocycles. The third-order valence-electron chi connectivity index (χ3n) is 6.23. The molecule has 11 nitrogen and oxygen atoms in total. The Balaban J connectivity index is 5.65. The van der Waals surface area contributed by atoms with Crippen LogP contribution in [0, 0.1) is 10.8 Å². The average Bonchev–Trinajstić information content (AvgIpc) is 2.79. The number of rotatable bonds is 15. The Kier molecular flexibility index (Phi) is 15.1. The van der Waals surface area contributed by atoms with E-state index in [9.17, 15) is 28.8 Å². The summed E-state index contributed by atoms with van der Waals surface area (Å²) in [7, 11) is 3.03. The minimum absolute atomic E-state index is 0.189. The van der Waals surface area contributed by atoms with Crippen LogP contribution in [0.2, 0.25) is 0 Å². The Morgan fingerprint density at radius 3 is 1.82 bits per heavy atom. The smallest absolute Gasteiger partial charge is 0.289 e. The summed E-state index contributed by atoms with van der Waals surface area (Å²) < 4.78 is 0. The molecule has 40 heavy (non-hydrogen) atoms. The van der Waals surface area contributed by atoms with Crippen LogP contribution in [0.5, 0.6) is 0 Å². The van der Waals surface area contributed by atoms with Gasteiger partial charge in [0.2, 0.25) is 29.4 Å². The molecule has 4 N–H and O–H groups in total. The van der Waals surface area contributed by atoms with E-state index in [1.54, 1.807) is 20.8 Å². The highest BCUT2D eigenvalue weighted by molar-refractivity contribution is 6.38. The molecule has 1 unspecified atom stereocenters. The zero-order valence-electron chi connectivity index (χ0n) is 26.4. The van der Waals surface area contributed by atoms with E-state index < -0.39 is 53.0 Å². The van der Waals surface area contributed by atoms with Crippen molar-refractivity contribution < 1.29 is 28.8 Å². The Morgan fingerprint density at radius 2 is 1.35 bits per heavy atom. The molecule has 4 atom stereocenters. The van der Waals surface area contributed by atoms with E-state index in [-0.39, 0.29) is 30.2 Å². The van der Waals surface area contributed by atoms with Gasteiger partial charge in [0.05, 0.1) is 12.5 Å². The van der Waals surface area contributed by atoms with Crippen LogP contribution < -0.4 is 21.3 Å². The van der Waals surface area contributed by atoms with Crippen LogP contribution in [-0.2, 0) is 28.8 Å². The fourth-order valence-electron chi connectivity index (χ4n) is 3.83. The molecular formula is C29H53N5O6. The topological polar surface area (TPSA) is 154 Å². The van der Waals surface area contributed by atoms with Gasteiger partial charge >= 0.3 is 0 Å². The number of Topliss-reactive ketones (excluding diaryl/α,β-unsaturated/α-hetero) is 1. The van der Waals surface area contributed by atoms with Crippen molar-refractivity contribution in [3.8, 4) is 0 Å². The Morgan fingerprint density at radius 1 is 0.775 bits per heavy atom. The van der Waals surface area contributed by atoms with E-state index in [1.165, 1.54) is 25.9 Å². The lowest BCUT2D eigenvalue weighted by atomic mass is 9.85. The largest absolute Gasteiger partial charge is 0.349 e. The number of carbonyl (C=O) groups excluding carboxylic acids is 6. The standard InChI is InChI=1S/C29H53N5O6/c1-12-13-14-15-18(2)30-26(39)23(37)19(3)31-25(38)20(16-22(36)34(10)11)32-27(40)24(29(7,8)9)33-21(35)17-28(4,5)6/h18-20,24H,12-17H2,1-11H3,(H,30,39)(H,31,38)(H,32,40)(H,33,35)/t18-,19?,20+,24-/m1/s1. The molecule has 11 heteroatoms. The third kappa shape index (κ3) is 14.4. The summed E-state index contributed by atoms with van der Waals surface area (Å²) in [4.78, 5) is 78.0. The SMILES string of the molecule is CCCCC[C@@H](C)NC(=O)C(=O)C(C)NC(=O)[C@H](CC(=O)N(C)C)NC(=O)[C@@H](NC(=O)CC(C)(C)C)C(C)(C)C. The first-order valence-electron chi connectivity index (χ1n) is 14.1. The minimum atomic E-state index is -1.34. The van der Waals surface area contributed by atoms with Gasteiger partial charge in [-0.1, -0.05) is 67.7 Å². The van der Waals surface area contributed by atoms with Crippen molar-refractivity contribution in [1.82, 2.24) is 26.2 Å². The van der Waals surface area contributed by atoms with Crippen LogP contribution in [0.25, 0.3) is 0 Å². The number of unbranched alkanes of at least 4 members (excludes halogenated alkanes) is 2. The molecule has 0 aromatic carbocycles. The average molecular weight is 568 g/mol. The summed E-state index contributed by atoms with van der Waals surface area (Å²) in [5.74, 6) is -3.82. The van der Waals surface area contributed by atoms with Gasteiger partial charge < -0.3 is 26.2 Å². The van der Waals surface area contributed by atoms with Gasteiger partial charge in [-0.05, 0) is 31.1 Å². The van der Waals surface area contributed by atoms with E-state index >= 15 is 0 Å². The summed E-state index contributed by atoms with van der Waals surface area (Å²) in [5, 5.41) is 10.5. The molecular weight excluding hydrogens is 514 g/mol. The minimum Gasteiger partial charge on any atom is -0.349 e. The van der Waals surface area contributed by atoms with Gasteiger partial charge in [0.1, 0.15) is 12.1 Å². The second-order valence-electron chi connectivity index (χ2n) is 13.1. The summed E-state index contributed by atoms with van der Waals surface area (Å²) in [5.41, 5.74) is -1.01. The van der Waals surface area contributed by atoms with E-state index in [0.717, 1.165) is 25.7 Å². The molecule has 0 aliphatic carbocycles. The Labute approximate surface area is 240 Å². The van der Waals surface area contributed by atoms with E-state index in [4.69, 9.17) is 0 Å². The maximum absolute atomic E-state index is 13.4. The Bertz CT molecular complexity index is 904. The van der Waals surface area contributed by atoms with Crippen LogP contribution in [-0.4, -0.2) is 78.5 Å². The van der Waals surface area contributed by atoms with Crippen molar-refractivity contribution in [2.75, 3.05) is 14.1 Å². The molecule has 0 heterocycles. The monoisotopic (exact) mass is 567 g/mol. The quantitative estimate of drug-likeness (QED) is 0.176. The highest BCUT2D eigenvalue weighted by Gasteiger charge is 2.37. The normalized spacial score (nSPS) is 14.7. The van der Waals surface area contributed by atoms with Gasteiger partial charge in [-0.3, -0.25) is 28.8 Å². The molecule has 0 saturated carbocycles. The third-order valence-corrected chi connectivity index (χ3v) is 6.23. The molecule has 0 radical (unpaired) electrons. The van der Waals surface area contributed by atoms with Crippen molar-refractivity contribution in [2.24, 2.45) is 10.8 Å². The van der Waals surface area contributed by atoms with Crippen molar-refractivity contribution in [3.63, 3.8) is 0 Å². The highest BCUT2D eigenvalue weighted by Crippen LogP contribution is 2.22. The predicted molar refractivity (Wildman–Crippen MR) is 155 cm³/mol. The summed E-state index contributed by atoms with van der Waals surface area (Å²) >= 11 is 0. The van der Waals surface area contributed by atoms with Crippen LogP contribution in [0.1, 0.15) is 101 Å². The van der Waals surface area contributed by atoms with Gasteiger partial charge in [0.15, 0.2) is 0 Å². The predicted octanol–water partition coefficient (Wildman–Crippen LogP) is 2.08. The second-order valence-corrected chi connectivity index (χ2v) is 13.1. The lowest BCUT2D eigenvalue weighted by Gasteiger charge is -2.33. The van der Waals surface area contributed by atoms with Crippen molar-refractivity contribution in [2.45, 2.75) is 125 Å². The van der Waals surface area contributed by atoms with Crippen molar-refractivity contribution >= 4 is 35.3 Å². The number of carbonyl (C=O) groups is 6. The maximum atomic E-state index is 13.4. The molecule has 0 aliphatic rings. The van der Waals surface area contributed by atoms with Crippen LogP contribution in [0.3, 0.4) is 0 Å². The lowest BCUT2D eigenvalue weighted by Crippen LogP contribution is -2.59. The second kappa shape index (κ2) is 16.3. The number of nitrogens with one attached hydrogen (secondary N) is 4. The van der Waals surface area contributed by atoms with Gasteiger partial charge in [-0.2, -0.15) is 0 Å². The number of ketones is 1. The maximum Gasteiger partial charge on any atom is 0.289 e. The van der Waals surface area contributed by atoms with Gasteiger partial charge in [0.25, 0.3) is 5.91 Å². The Hall–Kier alpha value is -2.98. The summed E-state index contributed by atoms with van der Waals surface area (Å²) in [6.45, 7) is 16.3. The highest BCUT2D eigenvalue weighted by atomic mass is 16.2. The first kappa shape index (κ1) is 37.0. The number of nitrogens with zero attached hydrogens (tertiary/aromatic N) is 1. The fourth-order valence-corrected chi connectivity index (χ4v) is 3.83. The van der Waals surface area contributed by atoms with Crippen LogP contribution in [0.15, 0.2) is 0 Å². The number of amides is 5. The van der Waals surface area contributed by atoms with Crippen LogP contribution >= 0.6 is 0 Å². The van der Waals surface area contributed by atoms with E-state index in [1.807, 2.05) is 27.7 Å². The molecule has 0 spiro atoms. The van der Waals surface area contributed by atoms with Gasteiger partial charge in [-0.25, -0.2) is 0 Å². The van der Waals surface area contributed by atoms with E-state index in [2.05, 4.69) is 28.2 Å². The molecule has 0 bridgehead atoms. The molecule has 0 aromatic rings. The lowest BCUT2D eigenvalue weighted by molar-refractivity contribution is -0.141. The molecule has 5 amide bonds. The summed E-state index contributed by atoms with van der Waals surface area (Å²) in [6.07, 6.45) is 3.53. The van der Waals surface area contributed by atoms with Crippen molar-refractivity contribution in [3.05, 3.63) is 0 Å². The molecule has 0 rings (SSSR count). The first-order valence-corrected chi connectivity index (χ1v) is 14.1. The van der Waals surface area contributed by atoms with Gasteiger partial charge in [0, 0.05) is 26.6 Å². The van der Waals surface area contributed by atoms with E-state index in [0.29, 0.717) is 0 Å². The molecule has 0 fully saturated rings. The fraction of sp³-hybridized carbons (Fsp3) is 0.793. The first-order chi connectivity index (χ1) is 18.2. The summed E-state index contributed by atoms with van der Waals surface area (Å²) in [6, 6.07) is -3.71. The van der Waals surface area contributed by atoms with Crippen LogP contribution in [0.4, 0.5) is 0 Å². The van der Waals surface area contributed by atoms with Crippen molar-refractivity contribution in [1.29, 1.82) is 0 Å². The number of hydrogen-bond acceptors (Lipinski definition) is 6. The zero-order valence-corrected chi connectivity index (χ0v) is 26.4. The zero-order chi connectivity index (χ0) is 31.4. The van der Waals surface area contributed by atoms with Gasteiger partial charge in [-0.15, -0.1) is 0 Å². The molecule has 230 valence electrons. The molecule has 0 aromatic heterocycles. The number of hydrogen-bond donors (Lipinski definition) is 4.